The first-order valence-electron chi connectivity index (χ1n) is 13.1. The molecule has 0 radical (unpaired) electrons. The number of azide groups is 1. The van der Waals surface area contributed by atoms with Gasteiger partial charge in [0.1, 0.15) is 0 Å². The molecule has 3 rings (SSSR count). The quantitative estimate of drug-likeness (QED) is 0.0975. The Morgan fingerprint density at radius 2 is 1.81 bits per heavy atom. The largest absolute Gasteiger partial charge is 0.413 e. The lowest BCUT2D eigenvalue weighted by Crippen LogP contribution is -2.59. The molecule has 4 nitrogen and oxygen atoms in total. The van der Waals surface area contributed by atoms with Crippen molar-refractivity contribution in [3.8, 4) is 0 Å². The van der Waals surface area contributed by atoms with Gasteiger partial charge in [-0.2, -0.15) is 0 Å². The molecule has 3 aliphatic rings. The maximum absolute atomic E-state index is 8.63. The van der Waals surface area contributed by atoms with Gasteiger partial charge in [-0.3, -0.25) is 0 Å². The Balaban J connectivity index is 1.81. The number of fused-ring (bicyclic) bond motifs is 3. The van der Waals surface area contributed by atoms with Crippen LogP contribution in [0.1, 0.15) is 99.8 Å². The second-order valence-electron chi connectivity index (χ2n) is 13.5. The molecule has 0 saturated heterocycles. The molecule has 0 spiro atoms. The van der Waals surface area contributed by atoms with Crippen molar-refractivity contribution in [3.05, 3.63) is 21.6 Å². The molecule has 0 N–H and O–H groups in total. The van der Waals surface area contributed by atoms with Crippen molar-refractivity contribution in [2.75, 3.05) is 6.54 Å². The van der Waals surface area contributed by atoms with E-state index in [0.717, 1.165) is 30.6 Å². The summed E-state index contributed by atoms with van der Waals surface area (Å²) in [5.74, 6) is 2.28. The number of rotatable bonds is 6. The summed E-state index contributed by atoms with van der Waals surface area (Å²) < 4.78 is 7.09. The highest BCUT2D eigenvalue weighted by atomic mass is 28.4. The van der Waals surface area contributed by atoms with Gasteiger partial charge in [0.15, 0.2) is 8.32 Å². The number of nitrogens with zero attached hydrogens (tertiary/aromatic N) is 3. The van der Waals surface area contributed by atoms with Gasteiger partial charge in [0, 0.05) is 11.5 Å². The molecule has 0 heterocycles. The van der Waals surface area contributed by atoms with E-state index in [1.807, 2.05) is 0 Å². The molecule has 3 aliphatic carbocycles. The summed E-state index contributed by atoms with van der Waals surface area (Å²) >= 11 is 0. The van der Waals surface area contributed by atoms with Gasteiger partial charge in [-0.25, -0.2) is 0 Å². The Labute approximate surface area is 198 Å². The van der Waals surface area contributed by atoms with Gasteiger partial charge in [0.05, 0.1) is 6.10 Å². The number of allylic oxidation sites excluding steroid dienone is 2. The third-order valence-electron chi connectivity index (χ3n) is 10.4. The van der Waals surface area contributed by atoms with E-state index in [0.29, 0.717) is 18.1 Å². The van der Waals surface area contributed by atoms with Gasteiger partial charge in [0.2, 0.25) is 0 Å². The smallest absolute Gasteiger partial charge is 0.192 e. The van der Waals surface area contributed by atoms with Crippen LogP contribution in [0.15, 0.2) is 16.3 Å². The molecule has 0 bridgehead atoms. The van der Waals surface area contributed by atoms with Crippen molar-refractivity contribution in [1.82, 2.24) is 0 Å². The van der Waals surface area contributed by atoms with Gasteiger partial charge >= 0.3 is 0 Å². The lowest BCUT2D eigenvalue weighted by atomic mass is 9.43. The summed E-state index contributed by atoms with van der Waals surface area (Å²) in [4.78, 5) is 2.95. The molecular weight excluding hydrogens is 410 g/mol. The Kier molecular flexibility index (Phi) is 7.36. The van der Waals surface area contributed by atoms with Gasteiger partial charge in [-0.1, -0.05) is 57.8 Å². The highest BCUT2D eigenvalue weighted by molar-refractivity contribution is 6.74. The first-order valence-corrected chi connectivity index (χ1v) is 16.0. The average molecular weight is 460 g/mol. The fourth-order valence-corrected chi connectivity index (χ4v) is 9.03. The van der Waals surface area contributed by atoms with Crippen molar-refractivity contribution >= 4 is 8.32 Å². The summed E-state index contributed by atoms with van der Waals surface area (Å²) in [6.07, 6.45) is 10.3. The molecule has 182 valence electrons. The Morgan fingerprint density at radius 1 is 1.12 bits per heavy atom. The molecule has 5 heteroatoms. The van der Waals surface area contributed by atoms with Gasteiger partial charge < -0.3 is 4.43 Å². The molecule has 0 aliphatic heterocycles. The highest BCUT2D eigenvalue weighted by Crippen LogP contribution is 2.65. The van der Waals surface area contributed by atoms with Crippen molar-refractivity contribution < 1.29 is 4.43 Å². The number of hydrogen-bond acceptors (Lipinski definition) is 2. The van der Waals surface area contributed by atoms with Gasteiger partial charge in [-0.15, -0.1) is 0 Å². The van der Waals surface area contributed by atoms with E-state index in [9.17, 15) is 0 Å². The van der Waals surface area contributed by atoms with E-state index in [1.54, 1.807) is 11.1 Å². The normalized spacial score (nSPS) is 35.0. The highest BCUT2D eigenvalue weighted by Gasteiger charge is 2.59. The van der Waals surface area contributed by atoms with Gasteiger partial charge in [0.25, 0.3) is 0 Å². The van der Waals surface area contributed by atoms with E-state index in [-0.39, 0.29) is 10.5 Å². The van der Waals surface area contributed by atoms with Crippen LogP contribution in [0.2, 0.25) is 18.1 Å². The topological polar surface area (TPSA) is 58.0 Å². The van der Waals surface area contributed by atoms with Crippen molar-refractivity contribution in [2.45, 2.75) is 124 Å². The second-order valence-corrected chi connectivity index (χ2v) is 18.2. The van der Waals surface area contributed by atoms with Crippen LogP contribution in [0.25, 0.3) is 10.4 Å². The van der Waals surface area contributed by atoms with Crippen LogP contribution < -0.4 is 0 Å². The van der Waals surface area contributed by atoms with E-state index in [2.05, 4.69) is 71.6 Å². The lowest BCUT2D eigenvalue weighted by molar-refractivity contribution is -0.144. The van der Waals surface area contributed by atoms with E-state index in [4.69, 9.17) is 9.96 Å². The first-order chi connectivity index (χ1) is 14.8. The molecule has 2 saturated carbocycles. The fourth-order valence-electron chi connectivity index (χ4n) is 7.54. The monoisotopic (exact) mass is 459 g/mol. The van der Waals surface area contributed by atoms with E-state index in [1.165, 1.54) is 38.5 Å². The van der Waals surface area contributed by atoms with E-state index >= 15 is 0 Å². The van der Waals surface area contributed by atoms with Crippen molar-refractivity contribution in [1.29, 1.82) is 0 Å². The second kappa shape index (κ2) is 9.11. The van der Waals surface area contributed by atoms with E-state index < -0.39 is 8.32 Å². The third kappa shape index (κ3) is 4.59. The maximum Gasteiger partial charge on any atom is 0.192 e. The lowest BCUT2D eigenvalue weighted by Gasteiger charge is -2.63. The van der Waals surface area contributed by atoms with Crippen LogP contribution in [0.5, 0.6) is 0 Å². The summed E-state index contributed by atoms with van der Waals surface area (Å²) in [5, 5.41) is 4.05. The minimum atomic E-state index is -1.78. The van der Waals surface area contributed by atoms with Gasteiger partial charge in [-0.05, 0) is 111 Å². The molecule has 0 unspecified atom stereocenters. The standard InChI is InChI=1S/C27H49N3OSi/c1-19-12-14-22-21(20(19)11-10-18-29-30-28)13-15-23-26(5,6)24(16-17-27(22,23)7)31-32(8,9)25(2,3)4/h21-24H,10-18H2,1-9H3/t21-,22-,23-,24-,27+/m0/s1. The molecule has 0 aromatic rings. The average Bonchev–Trinajstić information content (AvgIpc) is 2.68. The zero-order valence-electron chi connectivity index (χ0n) is 22.4. The molecule has 0 aromatic heterocycles. The predicted molar refractivity (Wildman–Crippen MR) is 138 cm³/mol. The summed E-state index contributed by atoms with van der Waals surface area (Å²) in [5.41, 5.74) is 12.6. The fraction of sp³-hybridized carbons (Fsp3) is 0.926. The molecule has 32 heavy (non-hydrogen) atoms. The maximum atomic E-state index is 8.63. The van der Waals surface area contributed by atoms with Crippen molar-refractivity contribution in [3.63, 3.8) is 0 Å². The molecule has 0 amide bonds. The van der Waals surface area contributed by atoms with Crippen molar-refractivity contribution in [2.24, 2.45) is 33.7 Å². The Morgan fingerprint density at radius 3 is 2.44 bits per heavy atom. The molecule has 2 fully saturated rings. The molecular formula is C27H49N3OSi. The zero-order chi connectivity index (χ0) is 23.9. The minimum absolute atomic E-state index is 0.228. The summed E-state index contributed by atoms with van der Waals surface area (Å²) in [7, 11) is -1.78. The third-order valence-corrected chi connectivity index (χ3v) is 14.9. The SMILES string of the molecule is CC1=C(CCCN=[N+]=[N-])[C@@H]2CC[C@H]3C(C)(C)[C@@H](O[Si](C)(C)C(C)(C)C)CC[C@]3(C)[C@H]2CC1. The van der Waals surface area contributed by atoms with Crippen LogP contribution >= 0.6 is 0 Å². The zero-order valence-corrected chi connectivity index (χ0v) is 23.4. The van der Waals surface area contributed by atoms with Crippen LogP contribution in [-0.4, -0.2) is 21.0 Å². The molecule has 0 aromatic carbocycles. The first kappa shape index (κ1) is 25.8. The Bertz CT molecular complexity index is 774. The molecule has 5 atom stereocenters. The van der Waals surface area contributed by atoms with Crippen LogP contribution in [0.4, 0.5) is 0 Å². The summed E-state index contributed by atoms with van der Waals surface area (Å²) in [6, 6.07) is 0. The van der Waals surface area contributed by atoms with Crippen LogP contribution in [0.3, 0.4) is 0 Å². The van der Waals surface area contributed by atoms with Crippen LogP contribution in [-0.2, 0) is 4.43 Å². The minimum Gasteiger partial charge on any atom is -0.413 e. The number of hydrogen-bond donors (Lipinski definition) is 0. The summed E-state index contributed by atoms with van der Waals surface area (Å²) in [6.45, 7) is 22.6. The predicted octanol–water partition coefficient (Wildman–Crippen LogP) is 9.05. The Hall–Kier alpha value is -0.773. The van der Waals surface area contributed by atoms with Crippen LogP contribution in [0, 0.1) is 28.6 Å².